The molecular formula is C17H17N3O4S2. The molecule has 2 heterocycles. The second-order valence-corrected chi connectivity index (χ2v) is 7.36. The minimum absolute atomic E-state index is 0.0275. The minimum atomic E-state index is -0.193. The lowest BCUT2D eigenvalue weighted by molar-refractivity contribution is -0.113. The summed E-state index contributed by atoms with van der Waals surface area (Å²) in [5.41, 5.74) is 1.12. The predicted molar refractivity (Wildman–Crippen MR) is 103 cm³/mol. The number of amides is 1. The second-order valence-electron chi connectivity index (χ2n) is 5.11. The molecule has 3 rings (SSSR count). The Hall–Kier alpha value is -2.52. The molecule has 0 spiro atoms. The summed E-state index contributed by atoms with van der Waals surface area (Å²) in [5.74, 6) is 0.872. The largest absolute Gasteiger partial charge is 0.504 e. The molecule has 0 aliphatic heterocycles. The van der Waals surface area contributed by atoms with Crippen molar-refractivity contribution in [3.8, 4) is 17.4 Å². The van der Waals surface area contributed by atoms with Crippen LogP contribution in [0.25, 0.3) is 10.3 Å². The summed E-state index contributed by atoms with van der Waals surface area (Å²) in [5, 5.41) is 12.5. The van der Waals surface area contributed by atoms with Gasteiger partial charge in [-0.05, 0) is 25.1 Å². The number of ether oxygens (including phenoxy) is 2. The van der Waals surface area contributed by atoms with E-state index in [2.05, 4.69) is 15.3 Å². The van der Waals surface area contributed by atoms with E-state index in [1.165, 1.54) is 36.3 Å². The smallest absolute Gasteiger partial charge is 0.234 e. The highest BCUT2D eigenvalue weighted by Crippen LogP contribution is 2.31. The zero-order valence-electron chi connectivity index (χ0n) is 14.2. The molecule has 0 saturated carbocycles. The third-order valence-electron chi connectivity index (χ3n) is 3.29. The number of nitrogens with one attached hydrogen (secondary N) is 1. The number of aromatic hydroxyl groups is 1. The van der Waals surface area contributed by atoms with Gasteiger partial charge in [-0.1, -0.05) is 11.8 Å². The molecule has 2 aromatic heterocycles. The molecule has 0 unspecified atom stereocenters. The van der Waals surface area contributed by atoms with Gasteiger partial charge in [0.05, 0.1) is 24.2 Å². The molecular weight excluding hydrogens is 374 g/mol. The molecule has 26 heavy (non-hydrogen) atoms. The van der Waals surface area contributed by atoms with Crippen molar-refractivity contribution in [2.24, 2.45) is 0 Å². The van der Waals surface area contributed by atoms with Crippen molar-refractivity contribution < 1.29 is 19.4 Å². The van der Waals surface area contributed by atoms with Crippen LogP contribution in [-0.4, -0.2) is 40.5 Å². The third kappa shape index (κ3) is 4.36. The highest BCUT2D eigenvalue weighted by molar-refractivity contribution is 8.01. The van der Waals surface area contributed by atoms with Crippen LogP contribution in [0.5, 0.6) is 17.4 Å². The molecule has 9 heteroatoms. The Balaban J connectivity index is 1.60. The normalized spacial score (nSPS) is 10.7. The predicted octanol–water partition coefficient (Wildman–Crippen LogP) is 3.54. The van der Waals surface area contributed by atoms with Crippen LogP contribution >= 0.6 is 23.1 Å². The fraction of sp³-hybridized carbons (Fsp3) is 0.235. The van der Waals surface area contributed by atoms with Gasteiger partial charge in [-0.2, -0.15) is 4.98 Å². The van der Waals surface area contributed by atoms with E-state index in [0.717, 1.165) is 9.04 Å². The van der Waals surface area contributed by atoms with Gasteiger partial charge in [0, 0.05) is 17.8 Å². The molecule has 0 aliphatic carbocycles. The van der Waals surface area contributed by atoms with Crippen molar-refractivity contribution in [1.82, 2.24) is 9.97 Å². The number of anilines is 1. The monoisotopic (exact) mass is 391 g/mol. The van der Waals surface area contributed by atoms with Crippen molar-refractivity contribution in [1.29, 1.82) is 0 Å². The van der Waals surface area contributed by atoms with Crippen molar-refractivity contribution in [2.75, 3.05) is 24.8 Å². The van der Waals surface area contributed by atoms with Gasteiger partial charge in [-0.15, -0.1) is 11.3 Å². The summed E-state index contributed by atoms with van der Waals surface area (Å²) < 4.78 is 12.0. The molecule has 0 fully saturated rings. The fourth-order valence-corrected chi connectivity index (χ4v) is 3.96. The van der Waals surface area contributed by atoms with Crippen molar-refractivity contribution >= 4 is 45.0 Å². The number of thiazole rings is 1. The molecule has 0 aliphatic rings. The maximum absolute atomic E-state index is 12.1. The number of carbonyl (C=O) groups is 1. The summed E-state index contributed by atoms with van der Waals surface area (Å²) in [7, 11) is 1.47. The lowest BCUT2D eigenvalue weighted by Gasteiger charge is -2.07. The maximum Gasteiger partial charge on any atom is 0.234 e. The minimum Gasteiger partial charge on any atom is -0.504 e. The molecule has 0 saturated heterocycles. The lowest BCUT2D eigenvalue weighted by Crippen LogP contribution is -2.13. The fourth-order valence-electron chi connectivity index (χ4n) is 2.16. The number of hydrogen-bond acceptors (Lipinski definition) is 8. The first-order valence-electron chi connectivity index (χ1n) is 7.79. The Morgan fingerprint density at radius 2 is 2.15 bits per heavy atom. The van der Waals surface area contributed by atoms with Gasteiger partial charge in [-0.25, -0.2) is 4.98 Å². The summed E-state index contributed by atoms with van der Waals surface area (Å²) in [6.45, 7) is 2.45. The number of thioether (sulfide) groups is 1. The molecule has 0 bridgehead atoms. The first kappa shape index (κ1) is 18.3. The number of carbonyl (C=O) groups excluding carboxylic acids is 1. The molecule has 136 valence electrons. The van der Waals surface area contributed by atoms with Crippen molar-refractivity contribution in [3.63, 3.8) is 0 Å². The van der Waals surface area contributed by atoms with Gasteiger partial charge in [-0.3, -0.25) is 4.79 Å². The Morgan fingerprint density at radius 3 is 2.88 bits per heavy atom. The first-order chi connectivity index (χ1) is 12.6. The molecule has 7 nitrogen and oxygen atoms in total. The highest BCUT2D eigenvalue weighted by atomic mass is 32.2. The Kier molecular flexibility index (Phi) is 5.79. The van der Waals surface area contributed by atoms with Crippen LogP contribution in [0.4, 0.5) is 5.69 Å². The van der Waals surface area contributed by atoms with E-state index >= 15 is 0 Å². The maximum atomic E-state index is 12.1. The van der Waals surface area contributed by atoms with Crippen LogP contribution in [0.15, 0.2) is 34.7 Å². The van der Waals surface area contributed by atoms with Crippen LogP contribution in [0, 0.1) is 0 Å². The van der Waals surface area contributed by atoms with E-state index in [4.69, 9.17) is 9.47 Å². The van der Waals surface area contributed by atoms with Gasteiger partial charge in [0.2, 0.25) is 11.8 Å². The molecule has 2 N–H and O–H groups in total. The summed E-state index contributed by atoms with van der Waals surface area (Å²) in [6, 6.07) is 8.42. The van der Waals surface area contributed by atoms with E-state index in [1.54, 1.807) is 18.2 Å². The molecule has 1 aromatic carbocycles. The third-order valence-corrected chi connectivity index (χ3v) is 5.44. The van der Waals surface area contributed by atoms with E-state index in [0.29, 0.717) is 29.6 Å². The number of phenolic OH excluding ortho intramolecular Hbond substituents is 1. The number of rotatable bonds is 7. The summed E-state index contributed by atoms with van der Waals surface area (Å²) in [6.07, 6.45) is 0. The van der Waals surface area contributed by atoms with Crippen LogP contribution in [0.1, 0.15) is 6.92 Å². The molecule has 1 amide bonds. The SMILES string of the molecule is CCOc1ccc2sc(SCC(=O)Nc3ccc(OC)c(O)c3)nc2n1. The number of aromatic nitrogens is 2. The lowest BCUT2D eigenvalue weighted by atomic mass is 10.3. The van der Waals surface area contributed by atoms with Gasteiger partial charge in [0.25, 0.3) is 0 Å². The van der Waals surface area contributed by atoms with E-state index in [9.17, 15) is 9.90 Å². The number of fused-ring (bicyclic) bond motifs is 1. The van der Waals surface area contributed by atoms with Crippen LogP contribution in [0.3, 0.4) is 0 Å². The summed E-state index contributed by atoms with van der Waals surface area (Å²) in [4.78, 5) is 20.9. The van der Waals surface area contributed by atoms with Gasteiger partial charge >= 0.3 is 0 Å². The molecule has 0 atom stereocenters. The van der Waals surface area contributed by atoms with Crippen LogP contribution in [0.2, 0.25) is 0 Å². The number of pyridine rings is 1. The standard InChI is InChI=1S/C17H17N3O4S2/c1-3-24-15-7-6-13-16(19-15)20-17(26-13)25-9-14(22)18-10-4-5-12(23-2)11(21)8-10/h4-8,21H,3,9H2,1-2H3,(H,18,22). The van der Waals surface area contributed by atoms with Crippen LogP contribution < -0.4 is 14.8 Å². The average molecular weight is 391 g/mol. The number of benzene rings is 1. The quantitative estimate of drug-likeness (QED) is 0.595. The highest BCUT2D eigenvalue weighted by Gasteiger charge is 2.11. The summed E-state index contributed by atoms with van der Waals surface area (Å²) >= 11 is 2.81. The van der Waals surface area contributed by atoms with E-state index in [1.807, 2.05) is 13.0 Å². The first-order valence-corrected chi connectivity index (χ1v) is 9.59. The van der Waals surface area contributed by atoms with Gasteiger partial charge in [0.1, 0.15) is 0 Å². The Morgan fingerprint density at radius 1 is 1.31 bits per heavy atom. The molecule has 3 aromatic rings. The zero-order chi connectivity index (χ0) is 18.5. The number of nitrogens with zero attached hydrogens (tertiary/aromatic N) is 2. The Labute approximate surface area is 158 Å². The van der Waals surface area contributed by atoms with E-state index < -0.39 is 0 Å². The number of hydrogen-bond donors (Lipinski definition) is 2. The Bertz CT molecular complexity index is 930. The van der Waals surface area contributed by atoms with Crippen molar-refractivity contribution in [3.05, 3.63) is 30.3 Å². The van der Waals surface area contributed by atoms with Crippen LogP contribution in [-0.2, 0) is 4.79 Å². The average Bonchev–Trinajstić information content (AvgIpc) is 3.03. The topological polar surface area (TPSA) is 93.6 Å². The van der Waals surface area contributed by atoms with Crippen molar-refractivity contribution in [2.45, 2.75) is 11.3 Å². The zero-order valence-corrected chi connectivity index (χ0v) is 15.8. The van der Waals surface area contributed by atoms with E-state index in [-0.39, 0.29) is 17.4 Å². The molecule has 0 radical (unpaired) electrons. The van der Waals surface area contributed by atoms with Gasteiger partial charge < -0.3 is 19.9 Å². The second kappa shape index (κ2) is 8.24. The number of methoxy groups -OCH3 is 1. The van der Waals surface area contributed by atoms with Gasteiger partial charge in [0.15, 0.2) is 21.5 Å². The number of phenols is 1.